The van der Waals surface area contributed by atoms with E-state index >= 15 is 0 Å². The number of anilines is 1. The number of hydrogen-bond donors (Lipinski definition) is 1. The van der Waals surface area contributed by atoms with E-state index in [0.717, 1.165) is 23.2 Å². The third-order valence-electron chi connectivity index (χ3n) is 3.69. The minimum absolute atomic E-state index is 0.272. The number of hydrogen-bond acceptors (Lipinski definition) is 3. The highest BCUT2D eigenvalue weighted by atomic mass is 32.1. The summed E-state index contributed by atoms with van der Waals surface area (Å²) in [5.74, 6) is -0.574. The van der Waals surface area contributed by atoms with Crippen molar-refractivity contribution in [2.24, 2.45) is 0 Å². The first kappa shape index (κ1) is 17.0. The standard InChI is InChI=1S/C20H17FN2OS/c1-2-14-3-8-16(9-4-14)18-13-25-20(22-18)23-19(24)12-7-15-5-10-17(21)11-6-15/h3-13H,2H2,1H3,(H,22,23,24)/b12-7+. The first-order valence-electron chi connectivity index (χ1n) is 7.93. The minimum atomic E-state index is -0.302. The normalized spacial score (nSPS) is 11.0. The molecule has 0 aliphatic rings. The van der Waals surface area contributed by atoms with Crippen molar-refractivity contribution in [1.29, 1.82) is 0 Å². The van der Waals surface area contributed by atoms with Gasteiger partial charge in [-0.05, 0) is 35.8 Å². The van der Waals surface area contributed by atoms with Crippen molar-refractivity contribution in [3.63, 3.8) is 0 Å². The highest BCUT2D eigenvalue weighted by Crippen LogP contribution is 2.25. The van der Waals surface area contributed by atoms with Crippen molar-refractivity contribution in [2.45, 2.75) is 13.3 Å². The molecule has 0 spiro atoms. The second-order valence-electron chi connectivity index (χ2n) is 5.46. The van der Waals surface area contributed by atoms with Crippen molar-refractivity contribution in [3.8, 4) is 11.3 Å². The lowest BCUT2D eigenvalue weighted by molar-refractivity contribution is -0.111. The number of thiazole rings is 1. The molecule has 3 rings (SSSR count). The van der Waals surface area contributed by atoms with Crippen LogP contribution < -0.4 is 5.32 Å². The lowest BCUT2D eigenvalue weighted by Crippen LogP contribution is -2.07. The molecule has 0 aliphatic heterocycles. The predicted molar refractivity (Wildman–Crippen MR) is 101 cm³/mol. The van der Waals surface area contributed by atoms with Gasteiger partial charge in [0.2, 0.25) is 5.91 Å². The Kier molecular flexibility index (Phi) is 5.36. The lowest BCUT2D eigenvalue weighted by atomic mass is 10.1. The van der Waals surface area contributed by atoms with Crippen molar-refractivity contribution in [1.82, 2.24) is 4.98 Å². The maximum absolute atomic E-state index is 12.8. The Hall–Kier alpha value is -2.79. The third-order valence-corrected chi connectivity index (χ3v) is 4.45. The predicted octanol–water partition coefficient (Wildman–Crippen LogP) is 5.16. The molecule has 0 radical (unpaired) electrons. The first-order valence-corrected chi connectivity index (χ1v) is 8.81. The van der Waals surface area contributed by atoms with Gasteiger partial charge < -0.3 is 0 Å². The number of carbonyl (C=O) groups excluding carboxylic acids is 1. The molecule has 1 amide bonds. The molecule has 3 nitrogen and oxygen atoms in total. The van der Waals surface area contributed by atoms with Gasteiger partial charge in [-0.1, -0.05) is 43.3 Å². The van der Waals surface area contributed by atoms with E-state index in [0.29, 0.717) is 5.13 Å². The van der Waals surface area contributed by atoms with E-state index in [9.17, 15) is 9.18 Å². The smallest absolute Gasteiger partial charge is 0.250 e. The summed E-state index contributed by atoms with van der Waals surface area (Å²) < 4.78 is 12.8. The Morgan fingerprint density at radius 1 is 1.16 bits per heavy atom. The molecule has 126 valence electrons. The number of aromatic nitrogens is 1. The summed E-state index contributed by atoms with van der Waals surface area (Å²) in [6.07, 6.45) is 4.04. The van der Waals surface area contributed by atoms with Crippen molar-refractivity contribution >= 4 is 28.5 Å². The van der Waals surface area contributed by atoms with E-state index in [1.165, 1.54) is 35.1 Å². The number of nitrogens with one attached hydrogen (secondary N) is 1. The molecule has 1 N–H and O–H groups in total. The van der Waals surface area contributed by atoms with Crippen LogP contribution in [-0.4, -0.2) is 10.9 Å². The van der Waals surface area contributed by atoms with Crippen LogP contribution in [0.4, 0.5) is 9.52 Å². The number of halogens is 1. The molecule has 0 fully saturated rings. The molecular weight excluding hydrogens is 335 g/mol. The van der Waals surface area contributed by atoms with Gasteiger partial charge in [-0.2, -0.15) is 0 Å². The molecule has 0 atom stereocenters. The van der Waals surface area contributed by atoms with Crippen LogP contribution in [0.15, 0.2) is 60.0 Å². The number of rotatable bonds is 5. The second-order valence-corrected chi connectivity index (χ2v) is 6.32. The van der Waals surface area contributed by atoms with Gasteiger partial charge in [0.25, 0.3) is 0 Å². The van der Waals surface area contributed by atoms with Crippen molar-refractivity contribution < 1.29 is 9.18 Å². The SMILES string of the molecule is CCc1ccc(-c2csc(NC(=O)/C=C/c3ccc(F)cc3)n2)cc1. The maximum atomic E-state index is 12.8. The van der Waals surface area contributed by atoms with Crippen molar-refractivity contribution in [2.75, 3.05) is 5.32 Å². The van der Waals surface area contributed by atoms with Crippen molar-refractivity contribution in [3.05, 3.63) is 76.9 Å². The Morgan fingerprint density at radius 3 is 2.56 bits per heavy atom. The summed E-state index contributed by atoms with van der Waals surface area (Å²) in [5.41, 5.74) is 3.90. The number of benzene rings is 2. The molecule has 0 unspecified atom stereocenters. The van der Waals surface area contributed by atoms with Crippen LogP contribution >= 0.6 is 11.3 Å². The van der Waals surface area contributed by atoms with Gasteiger partial charge in [0.15, 0.2) is 5.13 Å². The monoisotopic (exact) mass is 352 g/mol. The van der Waals surface area contributed by atoms with E-state index in [4.69, 9.17) is 0 Å². The molecule has 0 saturated carbocycles. The molecule has 1 heterocycles. The quantitative estimate of drug-likeness (QED) is 0.644. The molecule has 0 aliphatic carbocycles. The summed E-state index contributed by atoms with van der Waals surface area (Å²) in [5, 5.41) is 5.21. The fourth-order valence-electron chi connectivity index (χ4n) is 2.27. The summed E-state index contributed by atoms with van der Waals surface area (Å²) >= 11 is 1.38. The Bertz CT molecular complexity index is 883. The first-order chi connectivity index (χ1) is 12.1. The van der Waals surface area contributed by atoms with Crippen LogP contribution in [0.5, 0.6) is 0 Å². The number of amides is 1. The molecule has 1 aromatic heterocycles. The zero-order valence-electron chi connectivity index (χ0n) is 13.7. The van der Waals surface area contributed by atoms with Crippen LogP contribution in [0.25, 0.3) is 17.3 Å². The van der Waals surface area contributed by atoms with E-state index < -0.39 is 0 Å². The third kappa shape index (κ3) is 4.61. The number of carbonyl (C=O) groups is 1. The van der Waals surface area contributed by atoms with E-state index in [1.54, 1.807) is 18.2 Å². The van der Waals surface area contributed by atoms with E-state index in [-0.39, 0.29) is 11.7 Å². The van der Waals surface area contributed by atoms with Gasteiger partial charge in [-0.3, -0.25) is 10.1 Å². The van der Waals surface area contributed by atoms with E-state index in [1.807, 2.05) is 17.5 Å². The van der Waals surface area contributed by atoms with Gasteiger partial charge in [0, 0.05) is 17.0 Å². The van der Waals surface area contributed by atoms with Gasteiger partial charge in [0.1, 0.15) is 5.82 Å². The lowest BCUT2D eigenvalue weighted by Gasteiger charge is -1.99. The number of nitrogens with zero attached hydrogens (tertiary/aromatic N) is 1. The van der Waals surface area contributed by atoms with Gasteiger partial charge in [-0.15, -0.1) is 11.3 Å². The van der Waals surface area contributed by atoms with Crippen LogP contribution in [0, 0.1) is 5.82 Å². The highest BCUT2D eigenvalue weighted by molar-refractivity contribution is 7.14. The molecule has 3 aromatic rings. The summed E-state index contributed by atoms with van der Waals surface area (Å²) in [4.78, 5) is 16.4. The zero-order chi connectivity index (χ0) is 17.6. The average Bonchev–Trinajstić information content (AvgIpc) is 3.10. The number of aryl methyl sites for hydroxylation is 1. The molecule has 0 saturated heterocycles. The van der Waals surface area contributed by atoms with Crippen LogP contribution in [0.1, 0.15) is 18.1 Å². The van der Waals surface area contributed by atoms with Gasteiger partial charge in [-0.25, -0.2) is 9.37 Å². The fraction of sp³-hybridized carbons (Fsp3) is 0.100. The molecule has 0 bridgehead atoms. The average molecular weight is 352 g/mol. The van der Waals surface area contributed by atoms with Crippen LogP contribution in [0.3, 0.4) is 0 Å². The van der Waals surface area contributed by atoms with Gasteiger partial charge in [0.05, 0.1) is 5.69 Å². The molecular formula is C20H17FN2OS. The van der Waals surface area contributed by atoms with E-state index in [2.05, 4.69) is 29.4 Å². The highest BCUT2D eigenvalue weighted by Gasteiger charge is 2.06. The molecule has 5 heteroatoms. The zero-order valence-corrected chi connectivity index (χ0v) is 14.5. The van der Waals surface area contributed by atoms with Crippen LogP contribution in [0.2, 0.25) is 0 Å². The molecule has 25 heavy (non-hydrogen) atoms. The maximum Gasteiger partial charge on any atom is 0.250 e. The largest absolute Gasteiger partial charge is 0.298 e. The Labute approximate surface area is 149 Å². The topological polar surface area (TPSA) is 42.0 Å². The van der Waals surface area contributed by atoms with Crippen LogP contribution in [-0.2, 0) is 11.2 Å². The Balaban J connectivity index is 1.64. The second kappa shape index (κ2) is 7.85. The summed E-state index contributed by atoms with van der Waals surface area (Å²) in [6, 6.07) is 14.2. The Morgan fingerprint density at radius 2 is 1.88 bits per heavy atom. The summed E-state index contributed by atoms with van der Waals surface area (Å²) in [7, 11) is 0. The minimum Gasteiger partial charge on any atom is -0.298 e. The van der Waals surface area contributed by atoms with Gasteiger partial charge >= 0.3 is 0 Å². The molecule has 2 aromatic carbocycles. The summed E-state index contributed by atoms with van der Waals surface area (Å²) in [6.45, 7) is 2.12. The fourth-order valence-corrected chi connectivity index (χ4v) is 2.99.